The van der Waals surface area contributed by atoms with Gasteiger partial charge in [-0.1, -0.05) is 63.3 Å². The summed E-state index contributed by atoms with van der Waals surface area (Å²) in [6, 6.07) is 0.326. The van der Waals surface area contributed by atoms with Gasteiger partial charge in [0, 0.05) is 12.1 Å². The Hall–Kier alpha value is -1.58. The Kier molecular flexibility index (Phi) is 12.4. The fraction of sp³-hybridized carbons (Fsp3) is 0.444. The van der Waals surface area contributed by atoms with Crippen LogP contribution in [0.15, 0.2) is 60.9 Å². The molecule has 21 heavy (non-hydrogen) atoms. The summed E-state index contributed by atoms with van der Waals surface area (Å²) in [7, 11) is 1.59. The molecule has 0 heterocycles. The van der Waals surface area contributed by atoms with E-state index < -0.39 is 6.23 Å². The van der Waals surface area contributed by atoms with Crippen molar-refractivity contribution in [3.05, 3.63) is 60.9 Å². The van der Waals surface area contributed by atoms with Gasteiger partial charge in [-0.15, -0.1) is 0 Å². The Balaban J connectivity index is 4.48. The second-order valence-corrected chi connectivity index (χ2v) is 4.64. The van der Waals surface area contributed by atoms with Crippen LogP contribution in [0.25, 0.3) is 0 Å². The summed E-state index contributed by atoms with van der Waals surface area (Å²) in [6.45, 7) is 7.85. The van der Waals surface area contributed by atoms with Crippen LogP contribution in [0.3, 0.4) is 0 Å². The molecule has 0 fully saturated rings. The van der Waals surface area contributed by atoms with Gasteiger partial charge in [0.1, 0.15) is 12.0 Å². The predicted molar refractivity (Wildman–Crippen MR) is 90.8 cm³/mol. The lowest BCUT2D eigenvalue weighted by molar-refractivity contribution is 0.157. The number of methoxy groups -OCH3 is 1. The van der Waals surface area contributed by atoms with Crippen molar-refractivity contribution >= 4 is 0 Å². The number of aliphatic hydroxyl groups is 1. The lowest BCUT2D eigenvalue weighted by atomic mass is 10.1. The largest absolute Gasteiger partial charge is 0.497 e. The molecule has 0 amide bonds. The van der Waals surface area contributed by atoms with Crippen molar-refractivity contribution in [2.24, 2.45) is 0 Å². The van der Waals surface area contributed by atoms with E-state index in [2.05, 4.69) is 25.7 Å². The Labute approximate surface area is 129 Å². The van der Waals surface area contributed by atoms with E-state index in [9.17, 15) is 5.11 Å². The third kappa shape index (κ3) is 10.8. The molecule has 0 aromatic heterocycles. The number of nitrogens with one attached hydrogen (secondary N) is 1. The monoisotopic (exact) mass is 291 g/mol. The molecule has 0 aliphatic rings. The van der Waals surface area contributed by atoms with Crippen LogP contribution in [0.4, 0.5) is 0 Å². The van der Waals surface area contributed by atoms with Gasteiger partial charge in [-0.3, -0.25) is 5.32 Å². The van der Waals surface area contributed by atoms with E-state index in [4.69, 9.17) is 4.74 Å². The third-order valence-corrected chi connectivity index (χ3v) is 2.94. The van der Waals surface area contributed by atoms with Crippen LogP contribution >= 0.6 is 0 Å². The van der Waals surface area contributed by atoms with E-state index in [1.807, 2.05) is 36.5 Å². The highest BCUT2D eigenvalue weighted by Crippen LogP contribution is 2.05. The van der Waals surface area contributed by atoms with Gasteiger partial charge in [-0.25, -0.2) is 0 Å². The third-order valence-electron chi connectivity index (χ3n) is 2.94. The van der Waals surface area contributed by atoms with Gasteiger partial charge >= 0.3 is 0 Å². The minimum Gasteiger partial charge on any atom is -0.497 e. The van der Waals surface area contributed by atoms with E-state index in [0.29, 0.717) is 11.8 Å². The summed E-state index contributed by atoms with van der Waals surface area (Å²) in [5.74, 6) is 0.624. The van der Waals surface area contributed by atoms with Crippen LogP contribution in [0.1, 0.15) is 33.1 Å². The molecule has 0 saturated carbocycles. The summed E-state index contributed by atoms with van der Waals surface area (Å²) in [6.07, 6.45) is 17.0. The van der Waals surface area contributed by atoms with Crippen LogP contribution < -0.4 is 5.32 Å². The van der Waals surface area contributed by atoms with Crippen molar-refractivity contribution in [2.45, 2.75) is 45.4 Å². The van der Waals surface area contributed by atoms with Crippen molar-refractivity contribution in [2.75, 3.05) is 7.11 Å². The fourth-order valence-electron chi connectivity index (χ4n) is 1.81. The molecule has 0 saturated heterocycles. The number of hydrogen-bond donors (Lipinski definition) is 2. The van der Waals surface area contributed by atoms with Crippen LogP contribution in [-0.4, -0.2) is 24.5 Å². The Morgan fingerprint density at radius 3 is 2.43 bits per heavy atom. The van der Waals surface area contributed by atoms with Crippen LogP contribution in [0, 0.1) is 0 Å². The summed E-state index contributed by atoms with van der Waals surface area (Å²) in [4.78, 5) is 0. The molecule has 0 aromatic rings. The molecule has 0 aromatic carbocycles. The molecule has 0 aliphatic carbocycles. The van der Waals surface area contributed by atoms with Crippen molar-refractivity contribution in [1.82, 2.24) is 5.32 Å². The smallest absolute Gasteiger partial charge is 0.128 e. The first-order chi connectivity index (χ1) is 10.2. The van der Waals surface area contributed by atoms with Crippen molar-refractivity contribution in [3.8, 4) is 0 Å². The summed E-state index contributed by atoms with van der Waals surface area (Å²) >= 11 is 0. The maximum atomic E-state index is 10.0. The molecule has 0 spiro atoms. The number of allylic oxidation sites excluding steroid dienone is 7. The predicted octanol–water partition coefficient (Wildman–Crippen LogP) is 3.86. The maximum Gasteiger partial charge on any atom is 0.128 e. The second-order valence-electron chi connectivity index (χ2n) is 4.64. The molecule has 0 aliphatic heterocycles. The Morgan fingerprint density at radius 2 is 1.86 bits per heavy atom. The molecular formula is C18H29NO2. The van der Waals surface area contributed by atoms with Crippen LogP contribution in [0.5, 0.6) is 0 Å². The van der Waals surface area contributed by atoms with Crippen molar-refractivity contribution in [3.63, 3.8) is 0 Å². The molecule has 3 heteroatoms. The zero-order valence-electron chi connectivity index (χ0n) is 13.5. The minimum atomic E-state index is -0.703. The molecule has 2 unspecified atom stereocenters. The molecule has 2 atom stereocenters. The molecule has 118 valence electrons. The van der Waals surface area contributed by atoms with E-state index >= 15 is 0 Å². The number of ether oxygens (including phenoxy) is 1. The van der Waals surface area contributed by atoms with E-state index in [-0.39, 0.29) is 0 Å². The molecule has 0 rings (SSSR count). The van der Waals surface area contributed by atoms with Gasteiger partial charge in [-0.05, 0) is 18.9 Å². The quantitative estimate of drug-likeness (QED) is 0.345. The molecular weight excluding hydrogens is 262 g/mol. The minimum absolute atomic E-state index is 0.326. The van der Waals surface area contributed by atoms with Gasteiger partial charge in [0.05, 0.1) is 7.11 Å². The summed E-state index contributed by atoms with van der Waals surface area (Å²) in [5.41, 5.74) is 0. The normalized spacial score (nSPS) is 15.9. The molecule has 0 radical (unpaired) electrons. The zero-order chi connectivity index (χ0) is 15.9. The second kappa shape index (κ2) is 13.4. The molecule has 3 nitrogen and oxygen atoms in total. The van der Waals surface area contributed by atoms with Crippen LogP contribution in [0.2, 0.25) is 0 Å². The number of aliphatic hydroxyl groups excluding tert-OH is 1. The molecule has 0 bridgehead atoms. The topological polar surface area (TPSA) is 41.5 Å². The number of rotatable bonds is 11. The first kappa shape index (κ1) is 19.4. The summed E-state index contributed by atoms with van der Waals surface area (Å²) < 4.78 is 5.23. The van der Waals surface area contributed by atoms with Crippen molar-refractivity contribution < 1.29 is 9.84 Å². The Bertz CT molecular complexity index is 381. The van der Waals surface area contributed by atoms with E-state index in [1.165, 1.54) is 0 Å². The van der Waals surface area contributed by atoms with Gasteiger partial charge in [-0.2, -0.15) is 0 Å². The fourth-order valence-corrected chi connectivity index (χ4v) is 1.81. The average molecular weight is 291 g/mol. The van der Waals surface area contributed by atoms with Crippen molar-refractivity contribution in [1.29, 1.82) is 0 Å². The lowest BCUT2D eigenvalue weighted by Crippen LogP contribution is -2.36. The first-order valence-electron chi connectivity index (χ1n) is 7.50. The van der Waals surface area contributed by atoms with Gasteiger partial charge in [0.25, 0.3) is 0 Å². The van der Waals surface area contributed by atoms with Gasteiger partial charge in [0.2, 0.25) is 0 Å². The van der Waals surface area contributed by atoms with Gasteiger partial charge < -0.3 is 9.84 Å². The van der Waals surface area contributed by atoms with E-state index in [1.54, 1.807) is 19.3 Å². The Morgan fingerprint density at radius 1 is 1.19 bits per heavy atom. The zero-order valence-corrected chi connectivity index (χ0v) is 13.5. The SMILES string of the molecule is C=C/C=C/C=C\C=C\C(=C\C(O)NC(CC)CCC)OC. The highest BCUT2D eigenvalue weighted by molar-refractivity contribution is 5.21. The first-order valence-corrected chi connectivity index (χ1v) is 7.50. The van der Waals surface area contributed by atoms with E-state index in [0.717, 1.165) is 19.3 Å². The number of hydrogen-bond acceptors (Lipinski definition) is 3. The average Bonchev–Trinajstić information content (AvgIpc) is 2.48. The van der Waals surface area contributed by atoms with Crippen LogP contribution in [-0.2, 0) is 4.74 Å². The highest BCUT2D eigenvalue weighted by Gasteiger charge is 2.09. The van der Waals surface area contributed by atoms with Gasteiger partial charge in [0.15, 0.2) is 0 Å². The maximum absolute atomic E-state index is 10.0. The summed E-state index contributed by atoms with van der Waals surface area (Å²) in [5, 5.41) is 13.2. The lowest BCUT2D eigenvalue weighted by Gasteiger charge is -2.19. The highest BCUT2D eigenvalue weighted by atomic mass is 16.5. The molecule has 2 N–H and O–H groups in total. The standard InChI is InChI=1S/C18H29NO2/c1-5-8-9-10-11-12-14-17(21-4)15-18(20)19-16(7-3)13-6-2/h5,8-12,14-16,18-20H,1,6-7,13H2,2-4H3/b9-8+,11-10-,14-12+,17-15-.